The van der Waals surface area contributed by atoms with Gasteiger partial charge in [0.05, 0.1) is 12.5 Å². The lowest BCUT2D eigenvalue weighted by Crippen LogP contribution is -2.03. The molecule has 1 unspecified atom stereocenters. The van der Waals surface area contributed by atoms with Crippen LogP contribution in [-0.2, 0) is 4.79 Å². The number of nitrogens with zero attached hydrogens (tertiary/aromatic N) is 3. The molecule has 0 aliphatic heterocycles. The van der Waals surface area contributed by atoms with Crippen LogP contribution in [0.1, 0.15) is 18.0 Å². The van der Waals surface area contributed by atoms with E-state index in [0.717, 1.165) is 10.9 Å². The Morgan fingerprint density at radius 3 is 3.00 bits per heavy atom. The fraction of sp³-hybridized carbons (Fsp3) is 0.182. The molecule has 6 nitrogen and oxygen atoms in total. The second-order valence-corrected chi connectivity index (χ2v) is 3.61. The van der Waals surface area contributed by atoms with Gasteiger partial charge in [-0.15, -0.1) is 0 Å². The molecule has 0 aliphatic carbocycles. The second kappa shape index (κ2) is 4.59. The molecule has 0 radical (unpaired) electrons. The summed E-state index contributed by atoms with van der Waals surface area (Å²) in [6, 6.07) is 6.79. The van der Waals surface area contributed by atoms with E-state index in [2.05, 4.69) is 15.0 Å². The average molecular weight is 230 g/mol. The van der Waals surface area contributed by atoms with Gasteiger partial charge >= 0.3 is 5.97 Å². The van der Waals surface area contributed by atoms with Crippen LogP contribution in [0.4, 0.5) is 0 Å². The number of nitrogens with one attached hydrogen (secondary N) is 1. The summed E-state index contributed by atoms with van der Waals surface area (Å²) in [5, 5.41) is 13.2. The van der Waals surface area contributed by atoms with Crippen molar-refractivity contribution in [3.8, 4) is 0 Å². The highest BCUT2D eigenvalue weighted by molar-refractivity contribution is 5.84. The molecular formula is C11H10N4O2. The molecule has 1 aromatic heterocycles. The van der Waals surface area contributed by atoms with E-state index in [-0.39, 0.29) is 6.42 Å². The third-order valence-electron chi connectivity index (χ3n) is 2.54. The van der Waals surface area contributed by atoms with Crippen LogP contribution in [0.3, 0.4) is 0 Å². The van der Waals surface area contributed by atoms with E-state index in [9.17, 15) is 4.79 Å². The molecule has 0 aliphatic rings. The van der Waals surface area contributed by atoms with Gasteiger partial charge in [0.2, 0.25) is 0 Å². The maximum Gasteiger partial charge on any atom is 0.304 e. The first-order chi connectivity index (χ1) is 8.22. The number of hydrogen-bond donors (Lipinski definition) is 2. The molecule has 0 spiro atoms. The Bertz CT molecular complexity index is 598. The van der Waals surface area contributed by atoms with Crippen molar-refractivity contribution in [3.63, 3.8) is 0 Å². The van der Waals surface area contributed by atoms with Crippen molar-refractivity contribution < 1.29 is 9.90 Å². The molecule has 0 saturated heterocycles. The average Bonchev–Trinajstić information content (AvgIpc) is 2.71. The van der Waals surface area contributed by atoms with E-state index in [1.807, 2.05) is 24.3 Å². The third kappa shape index (κ3) is 2.21. The zero-order valence-corrected chi connectivity index (χ0v) is 8.87. The van der Waals surface area contributed by atoms with Gasteiger partial charge in [-0.05, 0) is 17.2 Å². The first-order valence-electron chi connectivity index (χ1n) is 5.04. The molecule has 2 aromatic rings. The standard InChI is InChI=1S/C11H10N4O2/c12-15-14-10(5-11(16)17)8-6-13-9-4-2-1-3-7(8)9/h1-4,6,10,13H,5H2,(H,16,17). The number of carbonyl (C=O) groups is 1. The number of azide groups is 1. The first kappa shape index (κ1) is 11.0. The number of hydrogen-bond acceptors (Lipinski definition) is 2. The molecule has 1 atom stereocenters. The fourth-order valence-electron chi connectivity index (χ4n) is 1.81. The number of carboxylic acid groups (broad SMARTS) is 1. The van der Waals surface area contributed by atoms with Gasteiger partial charge in [-0.3, -0.25) is 4.79 Å². The summed E-state index contributed by atoms with van der Waals surface area (Å²) in [7, 11) is 0. The fourth-order valence-corrected chi connectivity index (χ4v) is 1.81. The number of aliphatic carboxylic acids is 1. The SMILES string of the molecule is [N-]=[N+]=NC(CC(=O)O)c1c[nH]c2ccccc12. The number of H-pyrrole nitrogens is 1. The minimum absolute atomic E-state index is 0.216. The number of aromatic nitrogens is 1. The van der Waals surface area contributed by atoms with Crippen LogP contribution in [0.15, 0.2) is 35.6 Å². The van der Waals surface area contributed by atoms with Gasteiger partial charge in [0.15, 0.2) is 0 Å². The number of fused-ring (bicyclic) bond motifs is 1. The van der Waals surface area contributed by atoms with Gasteiger partial charge in [0, 0.05) is 22.0 Å². The van der Waals surface area contributed by atoms with Crippen LogP contribution in [0.25, 0.3) is 21.3 Å². The van der Waals surface area contributed by atoms with Crippen LogP contribution < -0.4 is 0 Å². The van der Waals surface area contributed by atoms with Crippen molar-refractivity contribution in [2.75, 3.05) is 0 Å². The molecular weight excluding hydrogens is 220 g/mol. The van der Waals surface area contributed by atoms with Crippen LogP contribution >= 0.6 is 0 Å². The zero-order valence-electron chi connectivity index (χ0n) is 8.87. The summed E-state index contributed by atoms with van der Waals surface area (Å²) in [4.78, 5) is 16.4. The van der Waals surface area contributed by atoms with Gasteiger partial charge in [-0.1, -0.05) is 23.3 Å². The van der Waals surface area contributed by atoms with Gasteiger partial charge in [-0.25, -0.2) is 0 Å². The molecule has 0 saturated carbocycles. The Balaban J connectivity index is 2.48. The van der Waals surface area contributed by atoms with Crippen molar-refractivity contribution in [1.29, 1.82) is 0 Å². The van der Waals surface area contributed by atoms with E-state index in [4.69, 9.17) is 10.6 Å². The van der Waals surface area contributed by atoms with E-state index >= 15 is 0 Å². The molecule has 1 aromatic carbocycles. The van der Waals surface area contributed by atoms with Crippen molar-refractivity contribution in [3.05, 3.63) is 46.5 Å². The number of carboxylic acids is 1. The lowest BCUT2D eigenvalue weighted by Gasteiger charge is -2.06. The lowest BCUT2D eigenvalue weighted by molar-refractivity contribution is -0.137. The number of aromatic amines is 1. The van der Waals surface area contributed by atoms with Crippen molar-refractivity contribution in [1.82, 2.24) is 4.98 Å². The summed E-state index contributed by atoms with van der Waals surface area (Å²) >= 11 is 0. The summed E-state index contributed by atoms with van der Waals surface area (Å²) in [5.74, 6) is -0.993. The van der Waals surface area contributed by atoms with Crippen LogP contribution in [0.5, 0.6) is 0 Å². The van der Waals surface area contributed by atoms with Crippen molar-refractivity contribution >= 4 is 16.9 Å². The quantitative estimate of drug-likeness (QED) is 0.479. The van der Waals surface area contributed by atoms with Crippen molar-refractivity contribution in [2.45, 2.75) is 12.5 Å². The van der Waals surface area contributed by atoms with E-state index in [1.54, 1.807) is 6.20 Å². The molecule has 2 N–H and O–H groups in total. The normalized spacial score (nSPS) is 12.0. The summed E-state index contributed by atoms with van der Waals surface area (Å²) in [5.41, 5.74) is 10.1. The molecule has 6 heteroatoms. The Morgan fingerprint density at radius 1 is 1.53 bits per heavy atom. The molecule has 0 amide bonds. The largest absolute Gasteiger partial charge is 0.481 e. The van der Waals surface area contributed by atoms with Crippen molar-refractivity contribution in [2.24, 2.45) is 5.11 Å². The van der Waals surface area contributed by atoms with Crippen LogP contribution in [-0.4, -0.2) is 16.1 Å². The molecule has 86 valence electrons. The predicted molar refractivity (Wildman–Crippen MR) is 62.4 cm³/mol. The predicted octanol–water partition coefficient (Wildman–Crippen LogP) is 2.99. The smallest absolute Gasteiger partial charge is 0.304 e. The van der Waals surface area contributed by atoms with E-state index < -0.39 is 12.0 Å². The summed E-state index contributed by atoms with van der Waals surface area (Å²) in [6.45, 7) is 0. The lowest BCUT2D eigenvalue weighted by atomic mass is 10.0. The monoisotopic (exact) mass is 230 g/mol. The minimum atomic E-state index is -0.993. The van der Waals surface area contributed by atoms with Crippen LogP contribution in [0.2, 0.25) is 0 Å². The van der Waals surface area contributed by atoms with Gasteiger partial charge < -0.3 is 10.1 Å². The van der Waals surface area contributed by atoms with E-state index in [1.165, 1.54) is 0 Å². The Labute approximate surface area is 96.5 Å². The molecule has 2 rings (SSSR count). The molecule has 0 fully saturated rings. The number of para-hydroxylation sites is 1. The van der Waals surface area contributed by atoms with Gasteiger partial charge in [0.1, 0.15) is 0 Å². The molecule has 0 bridgehead atoms. The van der Waals surface area contributed by atoms with Gasteiger partial charge in [-0.2, -0.15) is 0 Å². The summed E-state index contributed by atoms with van der Waals surface area (Å²) < 4.78 is 0. The van der Waals surface area contributed by atoms with Gasteiger partial charge in [0.25, 0.3) is 0 Å². The summed E-state index contributed by atoms with van der Waals surface area (Å²) in [6.07, 6.45) is 1.47. The first-order valence-corrected chi connectivity index (χ1v) is 5.04. The topological polar surface area (TPSA) is 102 Å². The highest BCUT2D eigenvalue weighted by atomic mass is 16.4. The highest BCUT2D eigenvalue weighted by Crippen LogP contribution is 2.28. The zero-order chi connectivity index (χ0) is 12.3. The second-order valence-electron chi connectivity index (χ2n) is 3.61. The van der Waals surface area contributed by atoms with Crippen LogP contribution in [0, 0.1) is 0 Å². The Hall–Kier alpha value is -2.46. The maximum atomic E-state index is 10.7. The Morgan fingerprint density at radius 2 is 2.29 bits per heavy atom. The minimum Gasteiger partial charge on any atom is -0.481 e. The molecule has 1 heterocycles. The van der Waals surface area contributed by atoms with E-state index in [0.29, 0.717) is 5.56 Å². The number of benzene rings is 1. The Kier molecular flexibility index (Phi) is 2.98. The number of rotatable bonds is 4. The molecule has 17 heavy (non-hydrogen) atoms. The maximum absolute atomic E-state index is 10.7. The highest BCUT2D eigenvalue weighted by Gasteiger charge is 2.17. The third-order valence-corrected chi connectivity index (χ3v) is 2.54.